The topological polar surface area (TPSA) is 58.6 Å². The molecule has 0 aliphatic carbocycles. The highest BCUT2D eigenvalue weighted by molar-refractivity contribution is 6.67. The maximum absolute atomic E-state index is 9.81. The smallest absolute Gasteiger partial charge is 0.247 e. The molecule has 0 aromatic rings. The van der Waals surface area contributed by atoms with E-state index in [2.05, 4.69) is 11.9 Å². The highest BCUT2D eigenvalue weighted by Gasteiger charge is 2.09. The van der Waals surface area contributed by atoms with E-state index in [1.165, 1.54) is 19.3 Å². The van der Waals surface area contributed by atoms with Crippen LogP contribution in [0.25, 0.3) is 0 Å². The highest BCUT2D eigenvalue weighted by atomic mass is 35.5. The van der Waals surface area contributed by atoms with Gasteiger partial charge in [-0.3, -0.25) is 10.1 Å². The van der Waals surface area contributed by atoms with Gasteiger partial charge in [-0.1, -0.05) is 6.58 Å². The molecular formula is C11H22ClNO3. The molecule has 0 aromatic heterocycles. The van der Waals surface area contributed by atoms with Gasteiger partial charge in [0.25, 0.3) is 0 Å². The van der Waals surface area contributed by atoms with Gasteiger partial charge in [0.1, 0.15) is 6.23 Å². The van der Waals surface area contributed by atoms with E-state index in [1.807, 2.05) is 7.05 Å². The van der Waals surface area contributed by atoms with Crippen molar-refractivity contribution in [2.45, 2.75) is 32.4 Å². The predicted octanol–water partition coefficient (Wildman–Crippen LogP) is 1.67. The minimum atomic E-state index is -0.463. The normalized spacial score (nSPS) is 18.4. The Balaban J connectivity index is 0. The van der Waals surface area contributed by atoms with E-state index in [9.17, 15) is 4.79 Å². The van der Waals surface area contributed by atoms with Crippen LogP contribution in [-0.2, 0) is 9.53 Å². The van der Waals surface area contributed by atoms with Gasteiger partial charge in [0.15, 0.2) is 0 Å². The molecule has 0 saturated carbocycles. The third-order valence-corrected chi connectivity index (χ3v) is 2.16. The van der Waals surface area contributed by atoms with Crippen LogP contribution >= 0.6 is 11.6 Å². The van der Waals surface area contributed by atoms with Crippen LogP contribution in [0.2, 0.25) is 0 Å². The van der Waals surface area contributed by atoms with Gasteiger partial charge in [0.05, 0.1) is 0 Å². The number of carbonyl (C=O) groups excluding carboxylic acids is 1. The van der Waals surface area contributed by atoms with Gasteiger partial charge < -0.3 is 9.84 Å². The van der Waals surface area contributed by atoms with Crippen molar-refractivity contribution in [2.75, 3.05) is 20.8 Å². The van der Waals surface area contributed by atoms with E-state index in [-0.39, 0.29) is 0 Å². The molecule has 1 saturated heterocycles. The standard InChI is InChI=1S/C6H13NO.C4H5ClO.CH4O/c1-7-6-4-2-3-5-8-6;1-3(2)4(5)6;1-2/h6-7H,2-5H2,1H3;1H2,2H3;2H,1H3. The number of ether oxygens (including phenoxy) is 1. The van der Waals surface area contributed by atoms with E-state index in [0.29, 0.717) is 11.8 Å². The average Bonchev–Trinajstić information content (AvgIpc) is 2.33. The molecule has 1 fully saturated rings. The van der Waals surface area contributed by atoms with Crippen molar-refractivity contribution in [3.8, 4) is 0 Å². The lowest BCUT2D eigenvalue weighted by Gasteiger charge is -2.21. The van der Waals surface area contributed by atoms with Gasteiger partial charge in [-0.25, -0.2) is 0 Å². The van der Waals surface area contributed by atoms with Crippen molar-refractivity contribution >= 4 is 16.8 Å². The molecule has 4 nitrogen and oxygen atoms in total. The first kappa shape index (κ1) is 18.0. The minimum absolute atomic E-state index is 0.337. The van der Waals surface area contributed by atoms with Crippen LogP contribution in [0.1, 0.15) is 26.2 Å². The molecule has 1 aliphatic heterocycles. The summed E-state index contributed by atoms with van der Waals surface area (Å²) in [6.45, 7) is 5.77. The molecule has 2 N–H and O–H groups in total. The van der Waals surface area contributed by atoms with Crippen LogP contribution in [0, 0.1) is 0 Å². The summed E-state index contributed by atoms with van der Waals surface area (Å²) < 4.78 is 5.32. The number of allylic oxidation sites excluding steroid dienone is 1. The lowest BCUT2D eigenvalue weighted by Crippen LogP contribution is -2.31. The number of halogens is 1. The summed E-state index contributed by atoms with van der Waals surface area (Å²) in [4.78, 5) is 9.81. The monoisotopic (exact) mass is 251 g/mol. The van der Waals surface area contributed by atoms with Crippen molar-refractivity contribution in [1.82, 2.24) is 5.32 Å². The fourth-order valence-electron chi connectivity index (χ4n) is 0.968. The molecule has 1 rings (SSSR count). The number of aliphatic hydroxyl groups excluding tert-OH is 1. The van der Waals surface area contributed by atoms with E-state index in [4.69, 9.17) is 21.4 Å². The predicted molar refractivity (Wildman–Crippen MR) is 66.5 cm³/mol. The molecule has 1 heterocycles. The summed E-state index contributed by atoms with van der Waals surface area (Å²) in [5, 5.41) is 9.62. The summed E-state index contributed by atoms with van der Waals surface area (Å²) in [6.07, 6.45) is 4.06. The quantitative estimate of drug-likeness (QED) is 0.579. The zero-order valence-electron chi connectivity index (χ0n) is 10.3. The van der Waals surface area contributed by atoms with Gasteiger partial charge in [-0.2, -0.15) is 0 Å². The molecule has 5 heteroatoms. The van der Waals surface area contributed by atoms with E-state index in [0.717, 1.165) is 13.7 Å². The number of hydrogen-bond acceptors (Lipinski definition) is 4. The van der Waals surface area contributed by atoms with Crippen LogP contribution in [0.3, 0.4) is 0 Å². The van der Waals surface area contributed by atoms with Crippen molar-refractivity contribution < 1.29 is 14.6 Å². The molecule has 0 amide bonds. The fraction of sp³-hybridized carbons (Fsp3) is 0.727. The Morgan fingerprint density at radius 3 is 2.19 bits per heavy atom. The maximum Gasteiger partial charge on any atom is 0.247 e. The van der Waals surface area contributed by atoms with E-state index in [1.54, 1.807) is 6.92 Å². The lowest BCUT2D eigenvalue weighted by molar-refractivity contribution is -0.108. The molecule has 16 heavy (non-hydrogen) atoms. The van der Waals surface area contributed by atoms with E-state index >= 15 is 0 Å². The zero-order valence-corrected chi connectivity index (χ0v) is 11.0. The Labute approximate surface area is 103 Å². The maximum atomic E-state index is 9.81. The van der Waals surface area contributed by atoms with Crippen LogP contribution in [0.15, 0.2) is 12.2 Å². The molecule has 0 radical (unpaired) electrons. The van der Waals surface area contributed by atoms with Crippen LogP contribution < -0.4 is 5.32 Å². The second-order valence-corrected chi connectivity index (χ2v) is 3.54. The highest BCUT2D eigenvalue weighted by Crippen LogP contribution is 2.08. The third-order valence-electron chi connectivity index (χ3n) is 1.84. The summed E-state index contributed by atoms with van der Waals surface area (Å²) in [6, 6.07) is 0. The second kappa shape index (κ2) is 12.6. The van der Waals surface area contributed by atoms with E-state index < -0.39 is 5.24 Å². The molecule has 0 aromatic carbocycles. The SMILES string of the molecule is C=C(C)C(=O)Cl.CNC1CCCCO1.CO. The van der Waals surface area contributed by atoms with Crippen molar-refractivity contribution in [3.63, 3.8) is 0 Å². The third kappa shape index (κ3) is 11.7. The molecule has 1 atom stereocenters. The van der Waals surface area contributed by atoms with Crippen molar-refractivity contribution in [3.05, 3.63) is 12.2 Å². The summed E-state index contributed by atoms with van der Waals surface area (Å²) in [5.41, 5.74) is 0.386. The van der Waals surface area contributed by atoms with Crippen LogP contribution in [0.5, 0.6) is 0 Å². The minimum Gasteiger partial charge on any atom is -0.400 e. The Morgan fingerprint density at radius 1 is 1.50 bits per heavy atom. The van der Waals surface area contributed by atoms with Gasteiger partial charge in [-0.05, 0) is 44.8 Å². The largest absolute Gasteiger partial charge is 0.400 e. The molecule has 0 spiro atoms. The number of carbonyl (C=O) groups is 1. The molecule has 1 unspecified atom stereocenters. The molecule has 0 bridgehead atoms. The zero-order chi connectivity index (χ0) is 13.0. The Hall–Kier alpha value is -0.420. The van der Waals surface area contributed by atoms with Crippen LogP contribution in [0.4, 0.5) is 0 Å². The molecular weight excluding hydrogens is 230 g/mol. The number of nitrogens with one attached hydrogen (secondary N) is 1. The Kier molecular flexibility index (Phi) is 14.2. The summed E-state index contributed by atoms with van der Waals surface area (Å²) in [5.74, 6) is 0. The molecule has 96 valence electrons. The first-order valence-electron chi connectivity index (χ1n) is 5.17. The Bertz CT molecular complexity index is 180. The average molecular weight is 252 g/mol. The Morgan fingerprint density at radius 2 is 2.00 bits per heavy atom. The first-order valence-corrected chi connectivity index (χ1v) is 5.54. The lowest BCUT2D eigenvalue weighted by atomic mass is 10.2. The fourth-order valence-corrected chi connectivity index (χ4v) is 0.968. The summed E-state index contributed by atoms with van der Waals surface area (Å²) in [7, 11) is 2.94. The second-order valence-electron chi connectivity index (χ2n) is 3.20. The number of hydrogen-bond donors (Lipinski definition) is 2. The van der Waals surface area contributed by atoms with Crippen molar-refractivity contribution in [1.29, 1.82) is 0 Å². The van der Waals surface area contributed by atoms with Crippen LogP contribution in [-0.4, -0.2) is 37.3 Å². The molecule has 1 aliphatic rings. The van der Waals surface area contributed by atoms with Gasteiger partial charge in [0.2, 0.25) is 5.24 Å². The summed E-state index contributed by atoms with van der Waals surface area (Å²) >= 11 is 4.87. The first-order chi connectivity index (χ1) is 7.57. The number of rotatable bonds is 2. The van der Waals surface area contributed by atoms with Gasteiger partial charge >= 0.3 is 0 Å². The van der Waals surface area contributed by atoms with Crippen molar-refractivity contribution in [2.24, 2.45) is 0 Å². The number of aliphatic hydroxyl groups is 1. The van der Waals surface area contributed by atoms with Gasteiger partial charge in [-0.15, -0.1) is 0 Å². The van der Waals surface area contributed by atoms with Gasteiger partial charge in [0, 0.05) is 19.3 Å².